The lowest BCUT2D eigenvalue weighted by molar-refractivity contribution is 0.566. The maximum absolute atomic E-state index is 11.0. The second-order valence-electron chi connectivity index (χ2n) is 2.15. The van der Waals surface area contributed by atoms with Crippen molar-refractivity contribution in [2.24, 2.45) is 0 Å². The Balaban J connectivity index is 2.43. The van der Waals surface area contributed by atoms with Gasteiger partial charge >= 0.3 is 0 Å². The Labute approximate surface area is 75.3 Å². The van der Waals surface area contributed by atoms with E-state index in [-0.39, 0.29) is 6.54 Å². The molecule has 1 aromatic heterocycles. The normalized spacial score (nSPS) is 11.8. The highest BCUT2D eigenvalue weighted by Gasteiger charge is 2.08. The molecule has 0 fully saturated rings. The third-order valence-electron chi connectivity index (χ3n) is 1.14. The van der Waals surface area contributed by atoms with Crippen molar-refractivity contribution < 1.29 is 8.42 Å². The van der Waals surface area contributed by atoms with E-state index in [0.29, 0.717) is 12.4 Å². The van der Waals surface area contributed by atoms with Gasteiger partial charge in [0.25, 0.3) is 10.2 Å². The molecule has 0 saturated carbocycles. The molecule has 0 aromatic carbocycles. The molecule has 0 bridgehead atoms. The number of hydrogen-bond donors (Lipinski definition) is 3. The molecule has 0 spiro atoms. The first kappa shape index (κ1) is 10.0. The van der Waals surface area contributed by atoms with Crippen LogP contribution in [0.5, 0.6) is 0 Å². The summed E-state index contributed by atoms with van der Waals surface area (Å²) in [7, 11) is -3.43. The molecule has 0 radical (unpaired) electrons. The number of H-pyrrole nitrogens is 1. The zero-order chi connectivity index (χ0) is 9.73. The van der Waals surface area contributed by atoms with Gasteiger partial charge in [0.2, 0.25) is 0 Å². The zero-order valence-electron chi connectivity index (χ0n) is 6.98. The van der Waals surface area contributed by atoms with Crippen LogP contribution in [0.1, 0.15) is 12.7 Å². The van der Waals surface area contributed by atoms with Gasteiger partial charge in [0.15, 0.2) is 5.82 Å². The third-order valence-corrected chi connectivity index (χ3v) is 2.34. The highest BCUT2D eigenvalue weighted by Crippen LogP contribution is 1.84. The Bertz CT molecular complexity index is 332. The minimum atomic E-state index is -3.43. The number of nitrogens with zero attached hydrogens (tertiary/aromatic N) is 3. The van der Waals surface area contributed by atoms with Crippen molar-refractivity contribution in [3.63, 3.8) is 0 Å². The van der Waals surface area contributed by atoms with E-state index in [1.165, 1.54) is 0 Å². The summed E-state index contributed by atoms with van der Waals surface area (Å²) in [5.74, 6) is 0.293. The predicted molar refractivity (Wildman–Crippen MR) is 43.6 cm³/mol. The lowest BCUT2D eigenvalue weighted by Crippen LogP contribution is -2.36. The van der Waals surface area contributed by atoms with Crippen molar-refractivity contribution in [3.05, 3.63) is 5.82 Å². The fourth-order valence-corrected chi connectivity index (χ4v) is 1.46. The molecular weight excluding hydrogens is 196 g/mol. The summed E-state index contributed by atoms with van der Waals surface area (Å²) in [5, 5.41) is 12.6. The quantitative estimate of drug-likeness (QED) is 0.523. The van der Waals surface area contributed by atoms with Crippen LogP contribution in [0, 0.1) is 0 Å². The van der Waals surface area contributed by atoms with E-state index in [4.69, 9.17) is 0 Å². The van der Waals surface area contributed by atoms with Crippen LogP contribution >= 0.6 is 0 Å². The van der Waals surface area contributed by atoms with Crippen LogP contribution in [0.3, 0.4) is 0 Å². The van der Waals surface area contributed by atoms with E-state index in [0.717, 1.165) is 0 Å². The van der Waals surface area contributed by atoms with Crippen LogP contribution < -0.4 is 9.44 Å². The van der Waals surface area contributed by atoms with Crippen LogP contribution in [-0.4, -0.2) is 35.6 Å². The van der Waals surface area contributed by atoms with Crippen molar-refractivity contribution in [3.8, 4) is 0 Å². The van der Waals surface area contributed by atoms with Crippen LogP contribution in [-0.2, 0) is 16.8 Å². The molecule has 3 N–H and O–H groups in total. The van der Waals surface area contributed by atoms with Crippen LogP contribution in [0.25, 0.3) is 0 Å². The minimum absolute atomic E-state index is 0.0197. The van der Waals surface area contributed by atoms with Crippen molar-refractivity contribution in [1.82, 2.24) is 30.1 Å². The Kier molecular flexibility index (Phi) is 3.28. The van der Waals surface area contributed by atoms with Gasteiger partial charge in [-0.25, -0.2) is 4.72 Å². The second-order valence-corrected chi connectivity index (χ2v) is 3.73. The van der Waals surface area contributed by atoms with E-state index >= 15 is 0 Å². The summed E-state index contributed by atoms with van der Waals surface area (Å²) in [4.78, 5) is 0. The number of hydrogen-bond acceptors (Lipinski definition) is 5. The summed E-state index contributed by atoms with van der Waals surface area (Å²) in [6.45, 7) is 2.04. The van der Waals surface area contributed by atoms with Gasteiger partial charge in [-0.1, -0.05) is 12.1 Å². The smallest absolute Gasteiger partial charge is 0.203 e. The molecule has 1 rings (SSSR count). The third kappa shape index (κ3) is 3.44. The lowest BCUT2D eigenvalue weighted by atomic mass is 10.7. The first-order chi connectivity index (χ1) is 6.14. The van der Waals surface area contributed by atoms with Crippen LogP contribution in [0.2, 0.25) is 0 Å². The fourth-order valence-electron chi connectivity index (χ4n) is 0.658. The van der Waals surface area contributed by atoms with Gasteiger partial charge in [0, 0.05) is 6.54 Å². The zero-order valence-corrected chi connectivity index (χ0v) is 7.80. The van der Waals surface area contributed by atoms with Gasteiger partial charge in [-0.05, 0) is 0 Å². The van der Waals surface area contributed by atoms with Gasteiger partial charge in [-0.15, -0.1) is 10.2 Å². The molecule has 0 atom stereocenters. The Morgan fingerprint density at radius 1 is 1.46 bits per heavy atom. The van der Waals surface area contributed by atoms with Gasteiger partial charge in [0.1, 0.15) is 0 Å². The molecule has 8 nitrogen and oxygen atoms in total. The van der Waals surface area contributed by atoms with E-state index in [1.807, 2.05) is 0 Å². The van der Waals surface area contributed by atoms with Gasteiger partial charge in [0.05, 0.1) is 6.54 Å². The second kappa shape index (κ2) is 4.25. The molecule has 0 aliphatic heterocycles. The number of nitrogens with one attached hydrogen (secondary N) is 3. The molecule has 74 valence electrons. The van der Waals surface area contributed by atoms with Gasteiger partial charge < -0.3 is 0 Å². The maximum Gasteiger partial charge on any atom is 0.277 e. The fraction of sp³-hybridized carbons (Fsp3) is 0.750. The first-order valence-corrected chi connectivity index (χ1v) is 5.09. The molecule has 13 heavy (non-hydrogen) atoms. The Morgan fingerprint density at radius 3 is 2.77 bits per heavy atom. The van der Waals surface area contributed by atoms with E-state index < -0.39 is 10.2 Å². The van der Waals surface area contributed by atoms with E-state index in [2.05, 4.69) is 30.1 Å². The van der Waals surface area contributed by atoms with Crippen molar-refractivity contribution in [1.29, 1.82) is 0 Å². The summed E-state index contributed by atoms with van der Waals surface area (Å²) < 4.78 is 26.5. The summed E-state index contributed by atoms with van der Waals surface area (Å²) in [5.41, 5.74) is 0. The molecule has 0 saturated heterocycles. The lowest BCUT2D eigenvalue weighted by Gasteiger charge is -2.02. The molecule has 1 aromatic rings. The predicted octanol–water partition coefficient (Wildman–Crippen LogP) is -1.86. The first-order valence-electron chi connectivity index (χ1n) is 3.60. The van der Waals surface area contributed by atoms with Crippen molar-refractivity contribution in [2.45, 2.75) is 13.5 Å². The average Bonchev–Trinajstić information content (AvgIpc) is 2.52. The maximum atomic E-state index is 11.0. The minimum Gasteiger partial charge on any atom is -0.203 e. The van der Waals surface area contributed by atoms with Crippen LogP contribution in [0.15, 0.2) is 0 Å². The molecule has 0 aliphatic rings. The highest BCUT2D eigenvalue weighted by atomic mass is 32.2. The molecule has 0 aliphatic carbocycles. The van der Waals surface area contributed by atoms with Crippen molar-refractivity contribution >= 4 is 10.2 Å². The largest absolute Gasteiger partial charge is 0.277 e. The number of aromatic amines is 1. The molecule has 1 heterocycles. The highest BCUT2D eigenvalue weighted by molar-refractivity contribution is 7.87. The van der Waals surface area contributed by atoms with E-state index in [1.54, 1.807) is 6.92 Å². The Hall–Kier alpha value is -1.06. The molecule has 9 heteroatoms. The number of tetrazole rings is 1. The van der Waals surface area contributed by atoms with Gasteiger partial charge in [-0.2, -0.15) is 18.4 Å². The van der Waals surface area contributed by atoms with Gasteiger partial charge in [-0.3, -0.25) is 0 Å². The molecule has 0 amide bonds. The summed E-state index contributed by atoms with van der Waals surface area (Å²) >= 11 is 0. The topological polar surface area (TPSA) is 113 Å². The standard InChI is InChI=1S/C4H10N6O2S/c1-2-5-13(11,12)6-3-4-7-9-10-8-4/h5-6H,2-3H2,1H3,(H,7,8,9,10). The van der Waals surface area contributed by atoms with Crippen molar-refractivity contribution in [2.75, 3.05) is 6.54 Å². The average molecular weight is 206 g/mol. The number of rotatable bonds is 5. The summed E-state index contributed by atoms with van der Waals surface area (Å²) in [6.07, 6.45) is 0. The van der Waals surface area contributed by atoms with E-state index in [9.17, 15) is 8.42 Å². The Morgan fingerprint density at radius 2 is 2.23 bits per heavy atom. The molecular formula is C4H10N6O2S. The van der Waals surface area contributed by atoms with Crippen LogP contribution in [0.4, 0.5) is 0 Å². The SMILES string of the molecule is CCNS(=O)(=O)NCc1nn[nH]n1. The summed E-state index contributed by atoms with van der Waals surface area (Å²) in [6, 6.07) is 0. The molecule has 0 unspecified atom stereocenters. The number of aromatic nitrogens is 4. The monoisotopic (exact) mass is 206 g/mol.